The third kappa shape index (κ3) is 6.23. The molecule has 1 saturated heterocycles. The van der Waals surface area contributed by atoms with Gasteiger partial charge in [-0.2, -0.15) is 0 Å². The van der Waals surface area contributed by atoms with E-state index in [0.29, 0.717) is 13.0 Å². The molecule has 1 aromatic carbocycles. The van der Waals surface area contributed by atoms with Crippen molar-refractivity contribution in [3.63, 3.8) is 0 Å². The molecule has 1 aliphatic heterocycles. The zero-order chi connectivity index (χ0) is 19.0. The van der Waals surface area contributed by atoms with E-state index in [2.05, 4.69) is 21.4 Å². The van der Waals surface area contributed by atoms with Gasteiger partial charge in [-0.1, -0.05) is 32.4 Å². The molecule has 26 heavy (non-hydrogen) atoms. The summed E-state index contributed by atoms with van der Waals surface area (Å²) in [6.45, 7) is 9.58. The number of methoxy groups -OCH3 is 1. The van der Waals surface area contributed by atoms with Gasteiger partial charge >= 0.3 is 0 Å². The van der Waals surface area contributed by atoms with Gasteiger partial charge in [0.2, 0.25) is 10.0 Å². The van der Waals surface area contributed by atoms with Gasteiger partial charge in [-0.15, -0.1) is 0 Å². The van der Waals surface area contributed by atoms with Gasteiger partial charge in [0.1, 0.15) is 5.75 Å². The molecule has 1 N–H and O–H groups in total. The van der Waals surface area contributed by atoms with Crippen LogP contribution in [0.5, 0.6) is 5.75 Å². The maximum absolute atomic E-state index is 12.2. The van der Waals surface area contributed by atoms with Gasteiger partial charge < -0.3 is 9.64 Å². The van der Waals surface area contributed by atoms with Gasteiger partial charge in [0.05, 0.1) is 12.9 Å². The normalized spacial score (nSPS) is 18.0. The first-order valence-electron chi connectivity index (χ1n) is 9.56. The number of benzene rings is 1. The molecule has 0 aliphatic carbocycles. The Kier molecular flexibility index (Phi) is 8.34. The Balaban J connectivity index is 2.10. The smallest absolute Gasteiger partial charge is 0.211 e. The molecular formula is C19H33N3O3S. The van der Waals surface area contributed by atoms with E-state index in [-0.39, 0.29) is 11.8 Å². The van der Waals surface area contributed by atoms with E-state index in [0.717, 1.165) is 50.5 Å². The Bertz CT molecular complexity index is 626. The summed E-state index contributed by atoms with van der Waals surface area (Å²) in [4.78, 5) is 4.81. The highest BCUT2D eigenvalue weighted by atomic mass is 32.2. The Morgan fingerprint density at radius 1 is 1.12 bits per heavy atom. The molecule has 148 valence electrons. The maximum Gasteiger partial charge on any atom is 0.211 e. The summed E-state index contributed by atoms with van der Waals surface area (Å²) >= 11 is 0. The molecule has 0 amide bonds. The van der Waals surface area contributed by atoms with E-state index in [1.807, 2.05) is 31.2 Å². The van der Waals surface area contributed by atoms with Crippen LogP contribution in [-0.4, -0.2) is 70.3 Å². The number of rotatable bonds is 10. The first-order valence-corrected chi connectivity index (χ1v) is 11.2. The van der Waals surface area contributed by atoms with E-state index in [1.165, 1.54) is 0 Å². The third-order valence-corrected chi connectivity index (χ3v) is 6.49. The van der Waals surface area contributed by atoms with E-state index in [9.17, 15) is 8.42 Å². The van der Waals surface area contributed by atoms with Crippen LogP contribution >= 0.6 is 0 Å². The number of hydrogen-bond acceptors (Lipinski definition) is 5. The van der Waals surface area contributed by atoms with Crippen molar-refractivity contribution in [1.29, 1.82) is 0 Å². The topological polar surface area (TPSA) is 61.9 Å². The molecule has 6 nitrogen and oxygen atoms in total. The van der Waals surface area contributed by atoms with Gasteiger partial charge in [-0.25, -0.2) is 13.1 Å². The zero-order valence-electron chi connectivity index (χ0n) is 16.3. The highest BCUT2D eigenvalue weighted by molar-refractivity contribution is 7.89. The number of likely N-dealkylation sites (N-methyl/N-ethyl adjacent to an activating group) is 1. The van der Waals surface area contributed by atoms with Crippen LogP contribution in [0.1, 0.15) is 38.3 Å². The number of unbranched alkanes of at least 4 members (excludes halogenated alkanes) is 1. The maximum atomic E-state index is 12.2. The predicted octanol–water partition coefficient (Wildman–Crippen LogP) is 2.09. The second kappa shape index (κ2) is 10.3. The standard InChI is InChI=1S/C19H33N3O3S/c1-4-6-15-26(23,24)20-16-19(17-7-9-18(25-3)10-8-17)22-13-11-21(5-2)12-14-22/h7-10,19-20H,4-6,11-16H2,1-3H3. The largest absolute Gasteiger partial charge is 0.497 e. The summed E-state index contributed by atoms with van der Waals surface area (Å²) in [5.41, 5.74) is 1.12. The molecule has 2 rings (SSSR count). The summed E-state index contributed by atoms with van der Waals surface area (Å²) in [5, 5.41) is 0. The lowest BCUT2D eigenvalue weighted by Gasteiger charge is -2.39. The monoisotopic (exact) mass is 383 g/mol. The first kappa shape index (κ1) is 21.2. The van der Waals surface area contributed by atoms with Gasteiger partial charge in [0.25, 0.3) is 0 Å². The SMILES string of the molecule is CCCCS(=O)(=O)NCC(c1ccc(OC)cc1)N1CCN(CC)CC1. The molecule has 1 unspecified atom stereocenters. The predicted molar refractivity (Wildman–Crippen MR) is 106 cm³/mol. The van der Waals surface area contributed by atoms with Crippen LogP contribution in [0.3, 0.4) is 0 Å². The Morgan fingerprint density at radius 3 is 2.31 bits per heavy atom. The number of sulfonamides is 1. The first-order chi connectivity index (χ1) is 12.5. The molecule has 0 aromatic heterocycles. The van der Waals surface area contributed by atoms with Gasteiger partial charge in [-0.3, -0.25) is 4.90 Å². The van der Waals surface area contributed by atoms with E-state index < -0.39 is 10.0 Å². The van der Waals surface area contributed by atoms with Gasteiger partial charge in [-0.05, 0) is 30.7 Å². The van der Waals surface area contributed by atoms with Crippen LogP contribution in [0.15, 0.2) is 24.3 Å². The zero-order valence-corrected chi connectivity index (χ0v) is 17.1. The fourth-order valence-electron chi connectivity index (χ4n) is 3.29. The molecule has 0 saturated carbocycles. The molecule has 0 bridgehead atoms. The summed E-state index contributed by atoms with van der Waals surface area (Å²) < 4.78 is 32.6. The van der Waals surface area contributed by atoms with Crippen molar-refractivity contribution in [3.8, 4) is 5.75 Å². The quantitative estimate of drug-likeness (QED) is 0.670. The number of ether oxygens (including phenoxy) is 1. The molecule has 1 heterocycles. The van der Waals surface area contributed by atoms with Crippen LogP contribution in [0.25, 0.3) is 0 Å². The minimum absolute atomic E-state index is 0.0383. The minimum Gasteiger partial charge on any atom is -0.497 e. The molecule has 1 atom stereocenters. The molecule has 1 fully saturated rings. The Morgan fingerprint density at radius 2 is 1.77 bits per heavy atom. The van der Waals surface area contributed by atoms with E-state index in [4.69, 9.17) is 4.74 Å². The average Bonchev–Trinajstić information content (AvgIpc) is 2.67. The highest BCUT2D eigenvalue weighted by Gasteiger charge is 2.26. The molecule has 0 spiro atoms. The van der Waals surface area contributed by atoms with E-state index >= 15 is 0 Å². The van der Waals surface area contributed by atoms with Crippen molar-refractivity contribution in [3.05, 3.63) is 29.8 Å². The van der Waals surface area contributed by atoms with Crippen molar-refractivity contribution in [2.24, 2.45) is 0 Å². The van der Waals surface area contributed by atoms with Crippen molar-refractivity contribution in [2.75, 3.05) is 52.1 Å². The lowest BCUT2D eigenvalue weighted by molar-refractivity contribution is 0.100. The van der Waals surface area contributed by atoms with Crippen LogP contribution < -0.4 is 9.46 Å². The fourth-order valence-corrected chi connectivity index (χ4v) is 4.51. The van der Waals surface area contributed by atoms with Crippen LogP contribution in [0.2, 0.25) is 0 Å². The number of hydrogen-bond donors (Lipinski definition) is 1. The van der Waals surface area contributed by atoms with Crippen LogP contribution in [-0.2, 0) is 10.0 Å². The number of nitrogens with one attached hydrogen (secondary N) is 1. The van der Waals surface area contributed by atoms with Crippen LogP contribution in [0, 0.1) is 0 Å². The summed E-state index contributed by atoms with van der Waals surface area (Å²) in [6.07, 6.45) is 1.57. The van der Waals surface area contributed by atoms with Gasteiger partial charge in [0, 0.05) is 38.8 Å². The lowest BCUT2D eigenvalue weighted by atomic mass is 10.0. The minimum atomic E-state index is -3.23. The summed E-state index contributed by atoms with van der Waals surface area (Å²) in [7, 11) is -1.57. The molecule has 7 heteroatoms. The Labute approximate surface area is 158 Å². The van der Waals surface area contributed by atoms with Gasteiger partial charge in [0.15, 0.2) is 0 Å². The summed E-state index contributed by atoms with van der Waals surface area (Å²) in [5.74, 6) is 1.01. The Hall–Kier alpha value is -1.15. The van der Waals surface area contributed by atoms with E-state index in [1.54, 1.807) is 7.11 Å². The van der Waals surface area contributed by atoms with Crippen molar-refractivity contribution < 1.29 is 13.2 Å². The molecular weight excluding hydrogens is 350 g/mol. The van der Waals surface area contributed by atoms with Crippen LogP contribution in [0.4, 0.5) is 0 Å². The fraction of sp³-hybridized carbons (Fsp3) is 0.684. The summed E-state index contributed by atoms with van der Waals surface area (Å²) in [6, 6.07) is 8.00. The van der Waals surface area contributed by atoms with Crippen molar-refractivity contribution in [2.45, 2.75) is 32.7 Å². The molecule has 1 aromatic rings. The number of nitrogens with zero attached hydrogens (tertiary/aromatic N) is 2. The average molecular weight is 384 g/mol. The molecule has 0 radical (unpaired) electrons. The third-order valence-electron chi connectivity index (χ3n) is 5.06. The van der Waals surface area contributed by atoms with Crippen molar-refractivity contribution in [1.82, 2.24) is 14.5 Å². The number of piperazine rings is 1. The molecule has 1 aliphatic rings. The lowest BCUT2D eigenvalue weighted by Crippen LogP contribution is -2.49. The van der Waals surface area contributed by atoms with Crippen molar-refractivity contribution >= 4 is 10.0 Å². The highest BCUT2D eigenvalue weighted by Crippen LogP contribution is 2.24. The second-order valence-electron chi connectivity index (χ2n) is 6.78. The second-order valence-corrected chi connectivity index (χ2v) is 8.71.